The Balaban J connectivity index is 1.38. The number of carbonyl (C=O) groups excluding carboxylic acids is 1. The van der Waals surface area contributed by atoms with Crippen LogP contribution >= 0.6 is 0 Å². The molecule has 2 aromatic carbocycles. The van der Waals surface area contributed by atoms with E-state index in [1.807, 2.05) is 0 Å². The predicted molar refractivity (Wildman–Crippen MR) is 124 cm³/mol. The first-order chi connectivity index (χ1) is 16.6. The second-order valence-electron chi connectivity index (χ2n) is 7.05. The van der Waals surface area contributed by atoms with Gasteiger partial charge in [0.15, 0.2) is 11.5 Å². The van der Waals surface area contributed by atoms with Crippen LogP contribution in [0.3, 0.4) is 0 Å². The van der Waals surface area contributed by atoms with Crippen LogP contribution in [0, 0.1) is 17.7 Å². The lowest BCUT2D eigenvalue weighted by atomic mass is 10.2. The van der Waals surface area contributed by atoms with Crippen LogP contribution in [0.15, 0.2) is 67.4 Å². The van der Waals surface area contributed by atoms with Gasteiger partial charge in [-0.25, -0.2) is 23.9 Å². The number of pyridine rings is 1. The summed E-state index contributed by atoms with van der Waals surface area (Å²) < 4.78 is 22.7. The minimum atomic E-state index is -0.657. The van der Waals surface area contributed by atoms with Crippen molar-refractivity contribution in [2.75, 3.05) is 10.6 Å². The van der Waals surface area contributed by atoms with Crippen molar-refractivity contribution in [2.24, 2.45) is 0 Å². The summed E-state index contributed by atoms with van der Waals surface area (Å²) in [7, 11) is 0. The van der Waals surface area contributed by atoms with Crippen molar-refractivity contribution in [3.63, 3.8) is 0 Å². The van der Waals surface area contributed by atoms with Gasteiger partial charge in [-0.1, -0.05) is 5.92 Å². The lowest BCUT2D eigenvalue weighted by Gasteiger charge is -2.12. The Morgan fingerprint density at radius 3 is 2.71 bits per heavy atom. The molecule has 0 aliphatic carbocycles. The van der Waals surface area contributed by atoms with E-state index < -0.39 is 11.7 Å². The maximum absolute atomic E-state index is 15.2. The van der Waals surface area contributed by atoms with Crippen molar-refractivity contribution in [3.8, 4) is 23.3 Å². The van der Waals surface area contributed by atoms with Crippen molar-refractivity contribution in [3.05, 3.63) is 73.2 Å². The Labute approximate surface area is 192 Å². The Morgan fingerprint density at radius 2 is 1.88 bits per heavy atom. The lowest BCUT2D eigenvalue weighted by Crippen LogP contribution is -2.10. The van der Waals surface area contributed by atoms with Crippen molar-refractivity contribution in [2.45, 2.75) is 6.92 Å². The summed E-state index contributed by atoms with van der Waals surface area (Å²) in [4.78, 5) is 24.2. The number of nitrogens with one attached hydrogen (secondary N) is 2. The molecule has 0 aliphatic rings. The molecule has 0 radical (unpaired) electrons. The average molecular weight is 453 g/mol. The summed E-state index contributed by atoms with van der Waals surface area (Å²) in [5.41, 5.74) is 1.71. The number of hydrogen-bond donors (Lipinski definition) is 2. The second kappa shape index (κ2) is 8.84. The molecule has 0 saturated heterocycles. The molecule has 34 heavy (non-hydrogen) atoms. The van der Waals surface area contributed by atoms with Gasteiger partial charge in [0.2, 0.25) is 0 Å². The summed E-state index contributed by atoms with van der Waals surface area (Å²) in [6, 6.07) is 13.7. The molecular weight excluding hydrogens is 437 g/mol. The van der Waals surface area contributed by atoms with E-state index in [1.165, 1.54) is 25.6 Å². The number of benzene rings is 2. The van der Waals surface area contributed by atoms with E-state index in [1.54, 1.807) is 53.2 Å². The smallest absolute Gasteiger partial charge is 0.300 e. The highest BCUT2D eigenvalue weighted by atomic mass is 19.1. The molecule has 0 fully saturated rings. The minimum absolute atomic E-state index is 0.00788. The molecule has 166 valence electrons. The number of carbonyl (C=O) groups is 1. The van der Waals surface area contributed by atoms with Gasteiger partial charge in [-0.05, 0) is 55.3 Å². The number of ether oxygens (including phenoxy) is 1. The molecule has 5 rings (SSSR count). The van der Waals surface area contributed by atoms with Crippen molar-refractivity contribution in [1.82, 2.24) is 24.6 Å². The first-order valence-electron chi connectivity index (χ1n) is 10.1. The molecule has 0 spiro atoms. The van der Waals surface area contributed by atoms with Crippen LogP contribution in [0.4, 0.5) is 21.6 Å². The van der Waals surface area contributed by atoms with Crippen LogP contribution in [-0.2, 0) is 4.79 Å². The molecular formula is C24H16FN7O2. The standard InChI is InChI=1S/C24H16FN7O2/c1-2-3-21(33)31-19-9-8-18-22(23(19)25)24(28-13-26-18)30-15-4-6-16(7-5-15)34-17-10-11-32-20(12-17)27-14-29-32/h4-14H,1H3,(H,31,33)(H,26,28,30). The molecule has 0 unspecified atom stereocenters. The van der Waals surface area contributed by atoms with Crippen molar-refractivity contribution >= 4 is 39.6 Å². The fourth-order valence-electron chi connectivity index (χ4n) is 3.31. The van der Waals surface area contributed by atoms with Crippen LogP contribution in [0.2, 0.25) is 0 Å². The van der Waals surface area contributed by atoms with Crippen LogP contribution in [0.1, 0.15) is 6.92 Å². The van der Waals surface area contributed by atoms with Gasteiger partial charge in [-0.2, -0.15) is 5.10 Å². The third-order valence-corrected chi connectivity index (χ3v) is 4.83. The van der Waals surface area contributed by atoms with Crippen LogP contribution in [0.25, 0.3) is 16.6 Å². The average Bonchev–Trinajstić information content (AvgIpc) is 3.30. The zero-order valence-electron chi connectivity index (χ0n) is 17.8. The van der Waals surface area contributed by atoms with Crippen LogP contribution in [0.5, 0.6) is 11.5 Å². The first kappa shape index (κ1) is 20.8. The lowest BCUT2D eigenvalue weighted by molar-refractivity contribution is -0.111. The molecule has 10 heteroatoms. The fraction of sp³-hybridized carbons (Fsp3) is 0.0417. The van der Waals surface area contributed by atoms with Crippen LogP contribution < -0.4 is 15.4 Å². The summed E-state index contributed by atoms with van der Waals surface area (Å²) in [5, 5.41) is 9.73. The Bertz CT molecular complexity index is 1590. The second-order valence-corrected chi connectivity index (χ2v) is 7.05. The summed E-state index contributed by atoms with van der Waals surface area (Å²) in [6.45, 7) is 1.53. The molecule has 3 aromatic heterocycles. The molecule has 9 nitrogen and oxygen atoms in total. The molecule has 2 N–H and O–H groups in total. The molecule has 5 aromatic rings. The third kappa shape index (κ3) is 4.18. The summed E-state index contributed by atoms with van der Waals surface area (Å²) in [5.74, 6) is 5.01. The van der Waals surface area contributed by atoms with E-state index in [-0.39, 0.29) is 16.9 Å². The van der Waals surface area contributed by atoms with Crippen LogP contribution in [-0.4, -0.2) is 30.5 Å². The maximum Gasteiger partial charge on any atom is 0.300 e. The van der Waals surface area contributed by atoms with Gasteiger partial charge < -0.3 is 15.4 Å². The Morgan fingerprint density at radius 1 is 1.03 bits per heavy atom. The molecule has 1 amide bonds. The quantitative estimate of drug-likeness (QED) is 0.382. The number of amides is 1. The number of halogens is 1. The van der Waals surface area contributed by atoms with E-state index in [9.17, 15) is 4.79 Å². The van der Waals surface area contributed by atoms with Gasteiger partial charge in [0.25, 0.3) is 5.91 Å². The van der Waals surface area contributed by atoms with Gasteiger partial charge in [-0.15, -0.1) is 0 Å². The molecule has 0 saturated carbocycles. The van der Waals surface area contributed by atoms with Gasteiger partial charge in [0.05, 0.1) is 16.6 Å². The van der Waals surface area contributed by atoms with E-state index in [0.717, 1.165) is 0 Å². The maximum atomic E-state index is 15.2. The molecule has 0 atom stereocenters. The SMILES string of the molecule is CC#CC(=O)Nc1ccc2ncnc(Nc3ccc(Oc4ccn5ncnc5c4)cc3)c2c1F. The number of anilines is 3. The van der Waals surface area contributed by atoms with Gasteiger partial charge in [-0.3, -0.25) is 4.79 Å². The predicted octanol–water partition coefficient (Wildman–Crippen LogP) is 4.31. The Hall–Kier alpha value is -5.04. The van der Waals surface area contributed by atoms with Gasteiger partial charge in [0, 0.05) is 18.0 Å². The molecule has 0 bridgehead atoms. The monoisotopic (exact) mass is 453 g/mol. The van der Waals surface area contributed by atoms with Crippen molar-refractivity contribution in [1.29, 1.82) is 0 Å². The van der Waals surface area contributed by atoms with Gasteiger partial charge >= 0.3 is 0 Å². The first-order valence-corrected chi connectivity index (χ1v) is 10.1. The van der Waals surface area contributed by atoms with E-state index >= 15 is 4.39 Å². The highest BCUT2D eigenvalue weighted by Gasteiger charge is 2.15. The third-order valence-electron chi connectivity index (χ3n) is 4.83. The molecule has 0 aliphatic heterocycles. The normalized spacial score (nSPS) is 10.5. The van der Waals surface area contributed by atoms with E-state index in [0.29, 0.717) is 28.4 Å². The number of hydrogen-bond acceptors (Lipinski definition) is 7. The zero-order chi connectivity index (χ0) is 23.5. The highest BCUT2D eigenvalue weighted by Crippen LogP contribution is 2.31. The largest absolute Gasteiger partial charge is 0.457 e. The van der Waals surface area contributed by atoms with E-state index in [4.69, 9.17) is 4.74 Å². The van der Waals surface area contributed by atoms with Crippen molar-refractivity contribution < 1.29 is 13.9 Å². The topological polar surface area (TPSA) is 106 Å². The number of aromatic nitrogens is 5. The number of rotatable bonds is 5. The summed E-state index contributed by atoms with van der Waals surface area (Å²) >= 11 is 0. The zero-order valence-corrected chi connectivity index (χ0v) is 17.8. The number of fused-ring (bicyclic) bond motifs is 2. The Kier molecular flexibility index (Phi) is 5.42. The fourth-order valence-corrected chi connectivity index (χ4v) is 3.31. The highest BCUT2D eigenvalue weighted by molar-refractivity contribution is 6.05. The van der Waals surface area contributed by atoms with E-state index in [2.05, 4.69) is 42.5 Å². The van der Waals surface area contributed by atoms with Gasteiger partial charge in [0.1, 0.15) is 30.0 Å². The molecule has 3 heterocycles. The number of nitrogens with zero attached hydrogens (tertiary/aromatic N) is 5. The minimum Gasteiger partial charge on any atom is -0.457 e. The summed E-state index contributed by atoms with van der Waals surface area (Å²) in [6.07, 6.45) is 4.56.